The predicted octanol–water partition coefficient (Wildman–Crippen LogP) is 2.50. The first-order valence-electron chi connectivity index (χ1n) is 11.4. The van der Waals surface area contributed by atoms with Gasteiger partial charge in [0.2, 0.25) is 5.91 Å². The molecule has 3 aromatic heterocycles. The first kappa shape index (κ1) is 21.8. The molecule has 4 aromatic rings. The zero-order chi connectivity index (χ0) is 23.8. The van der Waals surface area contributed by atoms with E-state index in [0.29, 0.717) is 42.8 Å². The summed E-state index contributed by atoms with van der Waals surface area (Å²) in [6.45, 7) is 7.96. The van der Waals surface area contributed by atoms with Crippen molar-refractivity contribution in [1.82, 2.24) is 29.4 Å². The van der Waals surface area contributed by atoms with Gasteiger partial charge in [-0.15, -0.1) is 0 Å². The Labute approximate surface area is 197 Å². The van der Waals surface area contributed by atoms with Gasteiger partial charge in [-0.25, -0.2) is 14.3 Å². The highest BCUT2D eigenvalue weighted by Gasteiger charge is 2.29. The van der Waals surface area contributed by atoms with Crippen LogP contribution in [0.4, 0.5) is 5.82 Å². The van der Waals surface area contributed by atoms with Gasteiger partial charge < -0.3 is 9.80 Å². The number of aryl methyl sites for hydroxylation is 2. The Hall–Kier alpha value is -4.01. The average molecular weight is 458 g/mol. The van der Waals surface area contributed by atoms with Gasteiger partial charge in [0.15, 0.2) is 0 Å². The number of hydrogen-bond donors (Lipinski definition) is 0. The summed E-state index contributed by atoms with van der Waals surface area (Å²) in [5.41, 5.74) is 2.48. The van der Waals surface area contributed by atoms with E-state index in [-0.39, 0.29) is 11.5 Å². The predicted molar refractivity (Wildman–Crippen MR) is 130 cm³/mol. The largest absolute Gasteiger partial charge is 0.353 e. The summed E-state index contributed by atoms with van der Waals surface area (Å²) < 4.78 is 3.07. The Balaban J connectivity index is 1.42. The average Bonchev–Trinajstić information content (AvgIpc) is 3.24. The van der Waals surface area contributed by atoms with Crippen LogP contribution in [0.1, 0.15) is 24.4 Å². The molecule has 1 atom stereocenters. The van der Waals surface area contributed by atoms with Gasteiger partial charge in [-0.3, -0.25) is 9.59 Å². The zero-order valence-corrected chi connectivity index (χ0v) is 19.5. The molecule has 9 heteroatoms. The van der Waals surface area contributed by atoms with E-state index in [1.807, 2.05) is 62.4 Å². The van der Waals surface area contributed by atoms with Gasteiger partial charge in [-0.1, -0.05) is 24.3 Å². The molecule has 34 heavy (non-hydrogen) atoms. The van der Waals surface area contributed by atoms with Crippen molar-refractivity contribution in [2.24, 2.45) is 0 Å². The van der Waals surface area contributed by atoms with E-state index in [0.717, 1.165) is 17.2 Å². The topological polar surface area (TPSA) is 89.2 Å². The third kappa shape index (κ3) is 3.72. The first-order valence-corrected chi connectivity index (χ1v) is 11.4. The van der Waals surface area contributed by atoms with Crippen LogP contribution in [0.2, 0.25) is 0 Å². The number of amides is 1. The lowest BCUT2D eigenvalue weighted by molar-refractivity contribution is -0.135. The molecular formula is C25H27N7O2. The number of piperazine rings is 1. The number of pyridine rings is 1. The highest BCUT2D eigenvalue weighted by atomic mass is 16.2. The van der Waals surface area contributed by atoms with Crippen molar-refractivity contribution >= 4 is 22.6 Å². The summed E-state index contributed by atoms with van der Waals surface area (Å²) in [5.74, 6) is 0.801. The van der Waals surface area contributed by atoms with Crippen molar-refractivity contribution in [2.45, 2.75) is 26.8 Å². The molecule has 0 saturated carbocycles. The third-order valence-corrected chi connectivity index (χ3v) is 6.43. The Morgan fingerprint density at radius 2 is 1.65 bits per heavy atom. The van der Waals surface area contributed by atoms with Crippen molar-refractivity contribution in [3.05, 3.63) is 76.5 Å². The highest BCUT2D eigenvalue weighted by Crippen LogP contribution is 2.21. The maximum atomic E-state index is 13.5. The molecule has 9 nitrogen and oxygen atoms in total. The molecule has 174 valence electrons. The van der Waals surface area contributed by atoms with Crippen LogP contribution in [0.5, 0.6) is 0 Å². The van der Waals surface area contributed by atoms with Crippen LogP contribution in [0.15, 0.2) is 59.5 Å². The maximum absolute atomic E-state index is 13.5. The van der Waals surface area contributed by atoms with Gasteiger partial charge in [0.1, 0.15) is 17.4 Å². The molecule has 0 aliphatic carbocycles. The summed E-state index contributed by atoms with van der Waals surface area (Å²) in [4.78, 5) is 35.2. The molecule has 1 aliphatic rings. The summed E-state index contributed by atoms with van der Waals surface area (Å²) >= 11 is 0. The number of carbonyl (C=O) groups excluding carboxylic acids is 1. The number of aromatic nitrogens is 5. The summed E-state index contributed by atoms with van der Waals surface area (Å²) in [6, 6.07) is 14.8. The fourth-order valence-electron chi connectivity index (χ4n) is 4.53. The minimum absolute atomic E-state index is 0.109. The Morgan fingerprint density at radius 3 is 2.32 bits per heavy atom. The second kappa shape index (κ2) is 8.74. The monoisotopic (exact) mass is 457 g/mol. The number of hydrogen-bond acceptors (Lipinski definition) is 6. The molecule has 5 rings (SSSR count). The van der Waals surface area contributed by atoms with Gasteiger partial charge in [-0.05, 0) is 45.0 Å². The number of fused-ring (bicyclic) bond motifs is 1. The van der Waals surface area contributed by atoms with Crippen molar-refractivity contribution in [3.63, 3.8) is 0 Å². The van der Waals surface area contributed by atoms with E-state index >= 15 is 0 Å². The zero-order valence-electron chi connectivity index (χ0n) is 19.5. The van der Waals surface area contributed by atoms with Crippen molar-refractivity contribution in [2.75, 3.05) is 31.1 Å². The minimum atomic E-state index is -0.712. The van der Waals surface area contributed by atoms with Crippen LogP contribution < -0.4 is 10.5 Å². The molecule has 0 N–H and O–H groups in total. The number of carbonyl (C=O) groups is 1. The van der Waals surface area contributed by atoms with Gasteiger partial charge in [0.05, 0.1) is 22.5 Å². The van der Waals surface area contributed by atoms with Crippen LogP contribution in [0, 0.1) is 13.8 Å². The minimum Gasteiger partial charge on any atom is -0.353 e. The smallest absolute Gasteiger partial charge is 0.278 e. The van der Waals surface area contributed by atoms with Gasteiger partial charge in [-0.2, -0.15) is 10.2 Å². The van der Waals surface area contributed by atoms with E-state index in [9.17, 15) is 9.59 Å². The van der Waals surface area contributed by atoms with Crippen LogP contribution in [0.3, 0.4) is 0 Å². The van der Waals surface area contributed by atoms with Crippen LogP contribution in [-0.4, -0.2) is 61.5 Å². The van der Waals surface area contributed by atoms with Crippen molar-refractivity contribution in [1.29, 1.82) is 0 Å². The molecule has 0 bridgehead atoms. The van der Waals surface area contributed by atoms with E-state index < -0.39 is 6.04 Å². The fraction of sp³-hybridized carbons (Fsp3) is 0.320. The lowest BCUT2D eigenvalue weighted by Crippen LogP contribution is -2.51. The first-order chi connectivity index (χ1) is 16.5. The summed E-state index contributed by atoms with van der Waals surface area (Å²) in [7, 11) is 0. The van der Waals surface area contributed by atoms with Crippen LogP contribution >= 0.6 is 0 Å². The van der Waals surface area contributed by atoms with Gasteiger partial charge in [0, 0.05) is 32.4 Å². The Bertz CT molecular complexity index is 1390. The van der Waals surface area contributed by atoms with E-state index in [4.69, 9.17) is 0 Å². The molecule has 0 radical (unpaired) electrons. The van der Waals surface area contributed by atoms with Crippen LogP contribution in [-0.2, 0) is 4.79 Å². The number of anilines is 1. The molecule has 0 unspecified atom stereocenters. The number of rotatable bonds is 4. The van der Waals surface area contributed by atoms with Gasteiger partial charge in [0.25, 0.3) is 5.56 Å². The molecule has 1 saturated heterocycles. The highest BCUT2D eigenvalue weighted by molar-refractivity contribution is 5.84. The summed E-state index contributed by atoms with van der Waals surface area (Å²) in [5, 5.41) is 9.63. The molecule has 1 fully saturated rings. The SMILES string of the molecule is Cc1nn([C@@H](C)C(=O)N2CCN(c3ccccn3)CC2)c(=O)c2c(C)n(-c3ccccc3)nc12. The number of para-hydroxylation sites is 1. The van der Waals surface area contributed by atoms with E-state index in [1.165, 1.54) is 4.68 Å². The lowest BCUT2D eigenvalue weighted by atomic mass is 10.2. The second-order valence-electron chi connectivity index (χ2n) is 8.57. The van der Waals surface area contributed by atoms with Gasteiger partial charge >= 0.3 is 0 Å². The molecule has 1 aliphatic heterocycles. The molecular weight excluding hydrogens is 430 g/mol. The maximum Gasteiger partial charge on any atom is 0.278 e. The number of nitrogens with zero attached hydrogens (tertiary/aromatic N) is 7. The third-order valence-electron chi connectivity index (χ3n) is 6.43. The second-order valence-corrected chi connectivity index (χ2v) is 8.57. The quantitative estimate of drug-likeness (QED) is 0.468. The molecule has 1 amide bonds. The van der Waals surface area contributed by atoms with E-state index in [1.54, 1.807) is 22.7 Å². The standard InChI is InChI=1S/C25H27N7O2/c1-17-23-22(18(2)31(28-23)20-9-5-4-6-10-20)25(34)32(27-17)19(3)24(33)30-15-13-29(14-16-30)21-11-7-8-12-26-21/h4-12,19H,13-16H2,1-3H3/t19-/m0/s1. The Kier molecular flexibility index (Phi) is 5.61. The van der Waals surface area contributed by atoms with Crippen molar-refractivity contribution in [3.8, 4) is 5.69 Å². The fourth-order valence-corrected chi connectivity index (χ4v) is 4.53. The van der Waals surface area contributed by atoms with Crippen LogP contribution in [0.25, 0.3) is 16.6 Å². The Morgan fingerprint density at radius 1 is 0.941 bits per heavy atom. The van der Waals surface area contributed by atoms with E-state index in [2.05, 4.69) is 20.1 Å². The molecule has 0 spiro atoms. The van der Waals surface area contributed by atoms with Crippen molar-refractivity contribution < 1.29 is 4.79 Å². The molecule has 1 aromatic carbocycles. The molecule has 4 heterocycles. The number of benzene rings is 1. The summed E-state index contributed by atoms with van der Waals surface area (Å²) in [6.07, 6.45) is 1.77. The normalized spacial score (nSPS) is 15.0. The lowest BCUT2D eigenvalue weighted by Gasteiger charge is -2.36.